The van der Waals surface area contributed by atoms with E-state index in [9.17, 15) is 9.59 Å². The number of amides is 3. The van der Waals surface area contributed by atoms with Gasteiger partial charge in [-0.1, -0.05) is 13.8 Å². The van der Waals surface area contributed by atoms with Crippen LogP contribution >= 0.6 is 0 Å². The summed E-state index contributed by atoms with van der Waals surface area (Å²) < 4.78 is 1.83. The fourth-order valence-electron chi connectivity index (χ4n) is 2.57. The number of urea groups is 1. The van der Waals surface area contributed by atoms with E-state index in [4.69, 9.17) is 0 Å². The first-order chi connectivity index (χ1) is 13.0. The molecule has 1 aromatic carbocycles. The second-order valence-electron chi connectivity index (χ2n) is 6.75. The van der Waals surface area contributed by atoms with Crippen molar-refractivity contribution in [2.24, 2.45) is 5.92 Å². The molecule has 0 fully saturated rings. The van der Waals surface area contributed by atoms with Gasteiger partial charge in [0.1, 0.15) is 5.65 Å². The summed E-state index contributed by atoms with van der Waals surface area (Å²) >= 11 is 0. The van der Waals surface area contributed by atoms with E-state index in [1.807, 2.05) is 16.7 Å². The lowest BCUT2D eigenvalue weighted by Crippen LogP contribution is -2.19. The number of carbonyl (C=O) groups is 2. The Hall–Kier alpha value is -3.35. The maximum Gasteiger partial charge on any atom is 0.323 e. The van der Waals surface area contributed by atoms with Gasteiger partial charge in [0.15, 0.2) is 0 Å². The molecule has 0 atom stereocenters. The highest BCUT2D eigenvalue weighted by Crippen LogP contribution is 2.16. The molecule has 140 valence electrons. The summed E-state index contributed by atoms with van der Waals surface area (Å²) in [4.78, 5) is 28.2. The topological polar surface area (TPSA) is 87.5 Å². The molecule has 0 aliphatic rings. The average Bonchev–Trinajstić information content (AvgIpc) is 3.09. The number of rotatable bonds is 6. The standard InChI is InChI=1S/C20H23N5O2/c1-14(2)3-10-19(26)22-15-4-6-16(7-5-15)23-20(27)24-17-8-9-18-21-11-12-25(18)13-17/h4-9,11-14H,3,10H2,1-2H3,(H,22,26)(H2,23,24,27). The van der Waals surface area contributed by atoms with Crippen LogP contribution in [0.5, 0.6) is 0 Å². The van der Waals surface area contributed by atoms with Crippen LogP contribution in [-0.4, -0.2) is 21.3 Å². The van der Waals surface area contributed by atoms with Crippen molar-refractivity contribution < 1.29 is 9.59 Å². The summed E-state index contributed by atoms with van der Waals surface area (Å²) in [6.07, 6.45) is 6.66. The van der Waals surface area contributed by atoms with Gasteiger partial charge < -0.3 is 20.4 Å². The van der Waals surface area contributed by atoms with Crippen LogP contribution in [0.4, 0.5) is 21.9 Å². The number of nitrogens with one attached hydrogen (secondary N) is 3. The number of aromatic nitrogens is 2. The molecule has 2 heterocycles. The first-order valence-electron chi connectivity index (χ1n) is 8.90. The zero-order valence-electron chi connectivity index (χ0n) is 15.4. The highest BCUT2D eigenvalue weighted by molar-refractivity contribution is 6.00. The summed E-state index contributed by atoms with van der Waals surface area (Å²) in [5.74, 6) is 0.493. The number of nitrogens with zero attached hydrogens (tertiary/aromatic N) is 2. The Labute approximate surface area is 157 Å². The molecule has 3 rings (SSSR count). The minimum Gasteiger partial charge on any atom is -0.326 e. The van der Waals surface area contributed by atoms with Crippen molar-refractivity contribution in [2.75, 3.05) is 16.0 Å². The lowest BCUT2D eigenvalue weighted by molar-refractivity contribution is -0.116. The molecule has 0 bridgehead atoms. The lowest BCUT2D eigenvalue weighted by atomic mass is 10.1. The molecule has 27 heavy (non-hydrogen) atoms. The van der Waals surface area contributed by atoms with Crippen LogP contribution < -0.4 is 16.0 Å². The molecule has 7 nitrogen and oxygen atoms in total. The van der Waals surface area contributed by atoms with Gasteiger partial charge in [-0.3, -0.25) is 4.79 Å². The average molecular weight is 365 g/mol. The maximum absolute atomic E-state index is 12.2. The molecule has 0 aliphatic heterocycles. The van der Waals surface area contributed by atoms with E-state index >= 15 is 0 Å². The van der Waals surface area contributed by atoms with Crippen LogP contribution in [0.15, 0.2) is 55.0 Å². The van der Waals surface area contributed by atoms with Crippen molar-refractivity contribution >= 4 is 34.6 Å². The molecule has 3 amide bonds. The van der Waals surface area contributed by atoms with E-state index in [1.54, 1.807) is 42.7 Å². The van der Waals surface area contributed by atoms with Gasteiger partial charge in [-0.05, 0) is 48.7 Å². The van der Waals surface area contributed by atoms with E-state index < -0.39 is 0 Å². The number of pyridine rings is 1. The van der Waals surface area contributed by atoms with Gasteiger partial charge in [-0.2, -0.15) is 0 Å². The van der Waals surface area contributed by atoms with Gasteiger partial charge in [0, 0.05) is 36.4 Å². The number of anilines is 3. The van der Waals surface area contributed by atoms with Crippen LogP contribution in [0.25, 0.3) is 5.65 Å². The third-order valence-corrected chi connectivity index (χ3v) is 4.02. The molecule has 3 aromatic rings. The Morgan fingerprint density at radius 3 is 2.30 bits per heavy atom. The van der Waals surface area contributed by atoms with Crippen LogP contribution in [0.1, 0.15) is 26.7 Å². The number of carbonyl (C=O) groups excluding carboxylic acids is 2. The normalized spacial score (nSPS) is 10.8. The summed E-state index contributed by atoms with van der Waals surface area (Å²) in [6.45, 7) is 4.18. The third kappa shape index (κ3) is 5.31. The molecule has 0 saturated heterocycles. The van der Waals surface area contributed by atoms with Gasteiger partial charge in [0.05, 0.1) is 5.69 Å². The van der Waals surface area contributed by atoms with Crippen molar-refractivity contribution in [1.29, 1.82) is 0 Å². The van der Waals surface area contributed by atoms with Crippen LogP contribution in [-0.2, 0) is 4.79 Å². The predicted octanol–water partition coefficient (Wildman–Crippen LogP) is 4.35. The molecule has 0 spiro atoms. The fourth-order valence-corrected chi connectivity index (χ4v) is 2.57. The third-order valence-electron chi connectivity index (χ3n) is 4.02. The first-order valence-corrected chi connectivity index (χ1v) is 8.90. The van der Waals surface area contributed by atoms with Crippen LogP contribution in [0.2, 0.25) is 0 Å². The second-order valence-corrected chi connectivity index (χ2v) is 6.75. The molecule has 0 saturated carbocycles. The highest BCUT2D eigenvalue weighted by atomic mass is 16.2. The van der Waals surface area contributed by atoms with E-state index in [-0.39, 0.29) is 11.9 Å². The Morgan fingerprint density at radius 2 is 1.59 bits per heavy atom. The summed E-state index contributed by atoms with van der Waals surface area (Å²) in [5.41, 5.74) is 2.82. The fraction of sp³-hybridized carbons (Fsp3) is 0.250. The maximum atomic E-state index is 12.2. The quantitative estimate of drug-likeness (QED) is 0.607. The Bertz CT molecular complexity index is 931. The second kappa shape index (κ2) is 8.35. The van der Waals surface area contributed by atoms with E-state index in [2.05, 4.69) is 34.8 Å². The highest BCUT2D eigenvalue weighted by Gasteiger charge is 2.06. The minimum atomic E-state index is -0.344. The SMILES string of the molecule is CC(C)CCC(=O)Nc1ccc(NC(=O)Nc2ccc3nccn3c2)cc1. The first kappa shape index (κ1) is 18.4. The molecular weight excluding hydrogens is 342 g/mol. The van der Waals surface area contributed by atoms with E-state index in [1.165, 1.54) is 0 Å². The Kier molecular flexibility index (Phi) is 5.71. The van der Waals surface area contributed by atoms with Gasteiger partial charge >= 0.3 is 6.03 Å². The van der Waals surface area contributed by atoms with Crippen molar-refractivity contribution in [3.05, 3.63) is 55.0 Å². The Balaban J connectivity index is 1.52. The van der Waals surface area contributed by atoms with Crippen molar-refractivity contribution in [3.63, 3.8) is 0 Å². The summed E-state index contributed by atoms with van der Waals surface area (Å²) in [5, 5.41) is 8.40. The zero-order chi connectivity index (χ0) is 19.2. The minimum absolute atomic E-state index is 0.00274. The molecule has 0 aliphatic carbocycles. The number of imidazole rings is 1. The smallest absolute Gasteiger partial charge is 0.323 e. The van der Waals surface area contributed by atoms with E-state index in [0.29, 0.717) is 29.4 Å². The summed E-state index contributed by atoms with van der Waals surface area (Å²) in [6, 6.07) is 10.3. The number of hydrogen-bond donors (Lipinski definition) is 3. The van der Waals surface area contributed by atoms with Gasteiger partial charge in [-0.15, -0.1) is 0 Å². The largest absolute Gasteiger partial charge is 0.326 e. The number of hydrogen-bond acceptors (Lipinski definition) is 3. The molecule has 3 N–H and O–H groups in total. The molecular formula is C20H23N5O2. The van der Waals surface area contributed by atoms with Crippen molar-refractivity contribution in [2.45, 2.75) is 26.7 Å². The van der Waals surface area contributed by atoms with E-state index in [0.717, 1.165) is 12.1 Å². The van der Waals surface area contributed by atoms with Gasteiger partial charge in [0.25, 0.3) is 0 Å². The number of fused-ring (bicyclic) bond motifs is 1. The number of benzene rings is 1. The van der Waals surface area contributed by atoms with Gasteiger partial charge in [0.2, 0.25) is 5.91 Å². The van der Waals surface area contributed by atoms with Gasteiger partial charge in [-0.25, -0.2) is 9.78 Å². The van der Waals surface area contributed by atoms with Crippen molar-refractivity contribution in [3.8, 4) is 0 Å². The lowest BCUT2D eigenvalue weighted by Gasteiger charge is -2.10. The van der Waals surface area contributed by atoms with Crippen LogP contribution in [0.3, 0.4) is 0 Å². The van der Waals surface area contributed by atoms with Crippen molar-refractivity contribution in [1.82, 2.24) is 9.38 Å². The van der Waals surface area contributed by atoms with Crippen LogP contribution in [0, 0.1) is 5.92 Å². The summed E-state index contributed by atoms with van der Waals surface area (Å²) in [7, 11) is 0. The molecule has 0 radical (unpaired) electrons. The predicted molar refractivity (Wildman–Crippen MR) is 107 cm³/mol. The Morgan fingerprint density at radius 1 is 0.963 bits per heavy atom. The monoisotopic (exact) mass is 365 g/mol. The molecule has 0 unspecified atom stereocenters. The molecule has 2 aromatic heterocycles. The molecule has 7 heteroatoms. The zero-order valence-corrected chi connectivity index (χ0v) is 15.4.